The number of phenols is 1. The molecule has 4 heteroatoms. The van der Waals surface area contributed by atoms with Crippen LogP contribution in [0.5, 0.6) is 5.75 Å². The van der Waals surface area contributed by atoms with Gasteiger partial charge in [0, 0.05) is 12.3 Å². The molecule has 0 saturated carbocycles. The van der Waals surface area contributed by atoms with Gasteiger partial charge in [0.25, 0.3) is 0 Å². The van der Waals surface area contributed by atoms with E-state index in [0.717, 1.165) is 28.7 Å². The Bertz CT molecular complexity index is 786. The molecule has 0 radical (unpaired) electrons. The van der Waals surface area contributed by atoms with E-state index in [2.05, 4.69) is 33.8 Å². The van der Waals surface area contributed by atoms with Crippen LogP contribution in [-0.2, 0) is 17.1 Å². The number of benzene rings is 2. The van der Waals surface area contributed by atoms with Crippen LogP contribution in [0, 0.1) is 13.8 Å². The summed E-state index contributed by atoms with van der Waals surface area (Å²) in [6.07, 6.45) is 1.34. The molecule has 0 saturated heterocycles. The molecule has 0 aliphatic rings. The molecule has 0 aliphatic carbocycles. The van der Waals surface area contributed by atoms with E-state index in [1.54, 1.807) is 13.0 Å². The van der Waals surface area contributed by atoms with Gasteiger partial charge in [-0.3, -0.25) is 4.57 Å². The maximum atomic E-state index is 12.0. The fraction of sp³-hybridized carbons (Fsp3) is 0.429. The zero-order valence-corrected chi connectivity index (χ0v) is 16.7. The lowest BCUT2D eigenvalue weighted by molar-refractivity contribution is 0.464. The number of rotatable bonds is 6. The monoisotopic (exact) mass is 360 g/mol. The van der Waals surface area contributed by atoms with Crippen LogP contribution in [0.3, 0.4) is 0 Å². The Morgan fingerprint density at radius 2 is 1.64 bits per heavy atom. The van der Waals surface area contributed by atoms with Gasteiger partial charge in [0.2, 0.25) is 7.37 Å². The van der Waals surface area contributed by atoms with Crippen LogP contribution >= 0.6 is 7.37 Å². The highest BCUT2D eigenvalue weighted by molar-refractivity contribution is 7.57. The molecule has 2 aromatic rings. The predicted molar refractivity (Wildman–Crippen MR) is 105 cm³/mol. The molecule has 0 aromatic heterocycles. The predicted octanol–water partition coefficient (Wildman–Crippen LogP) is 5.51. The number of hydrogen-bond donors (Lipinski definition) is 2. The van der Waals surface area contributed by atoms with Crippen molar-refractivity contribution in [3.8, 4) is 5.75 Å². The lowest BCUT2D eigenvalue weighted by atomic mass is 9.92. The third kappa shape index (κ3) is 4.96. The van der Waals surface area contributed by atoms with Crippen LogP contribution in [0.25, 0.3) is 0 Å². The van der Waals surface area contributed by atoms with E-state index < -0.39 is 7.37 Å². The average Bonchev–Trinajstić information content (AvgIpc) is 2.51. The molecule has 0 bridgehead atoms. The Labute approximate surface area is 151 Å². The molecule has 0 amide bonds. The highest BCUT2D eigenvalue weighted by Crippen LogP contribution is 2.44. The quantitative estimate of drug-likeness (QED) is 0.668. The van der Waals surface area contributed by atoms with Gasteiger partial charge in [0.15, 0.2) is 0 Å². The van der Waals surface area contributed by atoms with Crippen molar-refractivity contribution < 1.29 is 14.6 Å². The molecule has 2 aromatic carbocycles. The number of phenolic OH excluding ortho intramolecular Hbond substituents is 1. The highest BCUT2D eigenvalue weighted by atomic mass is 31.2. The summed E-state index contributed by atoms with van der Waals surface area (Å²) in [7, 11) is -3.07. The van der Waals surface area contributed by atoms with Gasteiger partial charge in [-0.1, -0.05) is 45.0 Å². The summed E-state index contributed by atoms with van der Waals surface area (Å²) in [5.41, 5.74) is 6.60. The van der Waals surface area contributed by atoms with E-state index in [4.69, 9.17) is 0 Å². The smallest absolute Gasteiger partial charge is 0.204 e. The van der Waals surface area contributed by atoms with Crippen LogP contribution in [0.1, 0.15) is 60.1 Å². The second kappa shape index (κ2) is 7.76. The Morgan fingerprint density at radius 3 is 2.16 bits per heavy atom. The first kappa shape index (κ1) is 19.8. The van der Waals surface area contributed by atoms with Crippen LogP contribution in [0.2, 0.25) is 0 Å². The van der Waals surface area contributed by atoms with Crippen molar-refractivity contribution in [1.29, 1.82) is 0 Å². The van der Waals surface area contributed by atoms with E-state index in [-0.39, 0.29) is 12.1 Å². The minimum atomic E-state index is -3.07. The van der Waals surface area contributed by atoms with Gasteiger partial charge < -0.3 is 10.00 Å². The summed E-state index contributed by atoms with van der Waals surface area (Å²) >= 11 is 0. The van der Waals surface area contributed by atoms with E-state index >= 15 is 0 Å². The Kier molecular flexibility index (Phi) is 6.13. The maximum absolute atomic E-state index is 12.0. The van der Waals surface area contributed by atoms with Crippen LogP contribution in [0.4, 0.5) is 0 Å². The average molecular weight is 360 g/mol. The van der Waals surface area contributed by atoms with Crippen molar-refractivity contribution in [3.05, 3.63) is 63.7 Å². The fourth-order valence-electron chi connectivity index (χ4n) is 3.23. The van der Waals surface area contributed by atoms with Gasteiger partial charge >= 0.3 is 0 Å². The Morgan fingerprint density at radius 1 is 1.04 bits per heavy atom. The lowest BCUT2D eigenvalue weighted by Gasteiger charge is -2.16. The number of hydrogen-bond acceptors (Lipinski definition) is 2. The van der Waals surface area contributed by atoms with Crippen LogP contribution in [-0.4, -0.2) is 16.2 Å². The molecular weight excluding hydrogens is 331 g/mol. The number of aromatic hydroxyl groups is 1. The zero-order valence-electron chi connectivity index (χ0n) is 15.8. The molecule has 2 rings (SSSR count). The maximum Gasteiger partial charge on any atom is 0.204 e. The highest BCUT2D eigenvalue weighted by Gasteiger charge is 2.17. The summed E-state index contributed by atoms with van der Waals surface area (Å²) in [6, 6.07) is 9.88. The molecule has 1 unspecified atom stereocenters. The van der Waals surface area contributed by atoms with Gasteiger partial charge in [-0.05, 0) is 65.6 Å². The second-order valence-electron chi connectivity index (χ2n) is 7.25. The first-order valence-electron chi connectivity index (χ1n) is 8.84. The number of aryl methyl sites for hydroxylation is 2. The van der Waals surface area contributed by atoms with Gasteiger partial charge in [-0.15, -0.1) is 0 Å². The molecule has 0 spiro atoms. The van der Waals surface area contributed by atoms with Gasteiger partial charge in [0.1, 0.15) is 5.75 Å². The molecule has 2 N–H and O–H groups in total. The standard InChI is InChI=1S/C21H29O3P/c1-6-25(23,24)13-18-9-15(4)20(16(5)10-18)12-17-7-8-21(22)19(11-17)14(2)3/h7-11,14,22H,6,12-13H2,1-5H3,(H,23,24). The van der Waals surface area contributed by atoms with E-state index in [9.17, 15) is 14.6 Å². The summed E-state index contributed by atoms with van der Waals surface area (Å²) in [5.74, 6) is 0.623. The van der Waals surface area contributed by atoms with E-state index in [0.29, 0.717) is 11.9 Å². The minimum absolute atomic E-state index is 0.238. The minimum Gasteiger partial charge on any atom is -0.508 e. The molecule has 0 fully saturated rings. The first-order valence-corrected chi connectivity index (χ1v) is 10.9. The third-order valence-electron chi connectivity index (χ3n) is 4.77. The normalized spacial score (nSPS) is 13.9. The van der Waals surface area contributed by atoms with Crippen molar-refractivity contribution in [1.82, 2.24) is 0 Å². The zero-order chi connectivity index (χ0) is 18.8. The van der Waals surface area contributed by atoms with Crippen molar-refractivity contribution in [2.75, 3.05) is 6.16 Å². The van der Waals surface area contributed by atoms with Crippen molar-refractivity contribution in [2.24, 2.45) is 0 Å². The Hall–Kier alpha value is -1.57. The molecule has 3 nitrogen and oxygen atoms in total. The largest absolute Gasteiger partial charge is 0.508 e. The first-order chi connectivity index (χ1) is 11.6. The van der Waals surface area contributed by atoms with Crippen molar-refractivity contribution in [3.63, 3.8) is 0 Å². The molecule has 25 heavy (non-hydrogen) atoms. The van der Waals surface area contributed by atoms with E-state index in [1.807, 2.05) is 18.2 Å². The van der Waals surface area contributed by atoms with Gasteiger partial charge in [0.05, 0.1) is 0 Å². The Balaban J connectivity index is 2.32. The summed E-state index contributed by atoms with van der Waals surface area (Å²) in [5, 5.41) is 10.00. The van der Waals surface area contributed by atoms with Crippen molar-refractivity contribution >= 4 is 7.37 Å². The van der Waals surface area contributed by atoms with Crippen molar-refractivity contribution in [2.45, 2.75) is 53.1 Å². The van der Waals surface area contributed by atoms with Crippen LogP contribution in [0.15, 0.2) is 30.3 Å². The van der Waals surface area contributed by atoms with Gasteiger partial charge in [-0.25, -0.2) is 0 Å². The molecule has 0 heterocycles. The molecule has 0 aliphatic heterocycles. The molecular formula is C21H29O3P. The molecule has 136 valence electrons. The summed E-state index contributed by atoms with van der Waals surface area (Å²) in [6.45, 7) is 10.0. The third-order valence-corrected chi connectivity index (χ3v) is 6.62. The van der Waals surface area contributed by atoms with E-state index in [1.165, 1.54) is 11.1 Å². The molecule has 1 atom stereocenters. The topological polar surface area (TPSA) is 57.5 Å². The SMILES string of the molecule is CCP(=O)(O)Cc1cc(C)c(Cc2ccc(O)c(C(C)C)c2)c(C)c1. The fourth-order valence-corrected chi connectivity index (χ4v) is 4.21. The van der Waals surface area contributed by atoms with Gasteiger partial charge in [-0.2, -0.15) is 0 Å². The van der Waals surface area contributed by atoms with Crippen LogP contribution < -0.4 is 0 Å². The summed E-state index contributed by atoms with van der Waals surface area (Å²) in [4.78, 5) is 9.90. The second-order valence-corrected chi connectivity index (χ2v) is 9.89. The lowest BCUT2D eigenvalue weighted by Crippen LogP contribution is -2.00. The summed E-state index contributed by atoms with van der Waals surface area (Å²) < 4.78 is 12.0.